The van der Waals surface area contributed by atoms with Gasteiger partial charge in [0, 0.05) is 36.6 Å². The number of nitriles is 1. The highest BCUT2D eigenvalue weighted by Crippen LogP contribution is 2.35. The van der Waals surface area contributed by atoms with Crippen LogP contribution in [0.2, 0.25) is 0 Å². The summed E-state index contributed by atoms with van der Waals surface area (Å²) in [6, 6.07) is 13.1. The van der Waals surface area contributed by atoms with Crippen LogP contribution >= 0.6 is 0 Å². The second kappa shape index (κ2) is 9.16. The fourth-order valence-corrected chi connectivity index (χ4v) is 4.41. The number of nitrogens with two attached hydrogens (primary N) is 2. The van der Waals surface area contributed by atoms with E-state index in [4.69, 9.17) is 11.6 Å². The predicted octanol–water partition coefficient (Wildman–Crippen LogP) is 1.41. The van der Waals surface area contributed by atoms with E-state index in [0.29, 0.717) is 24.1 Å². The fourth-order valence-electron chi connectivity index (χ4n) is 4.41. The van der Waals surface area contributed by atoms with Crippen molar-refractivity contribution in [1.29, 1.82) is 5.26 Å². The number of hydrazine groups is 1. The highest BCUT2D eigenvalue weighted by atomic mass is 16.2. The van der Waals surface area contributed by atoms with Gasteiger partial charge in [-0.25, -0.2) is 5.84 Å². The van der Waals surface area contributed by atoms with Crippen molar-refractivity contribution in [3.05, 3.63) is 66.1 Å². The molecule has 4 atom stereocenters. The van der Waals surface area contributed by atoms with Crippen LogP contribution in [0.25, 0.3) is 5.70 Å². The molecule has 2 fully saturated rings. The topological polar surface area (TPSA) is 133 Å². The number of amides is 1. The molecule has 1 saturated carbocycles. The Bertz CT molecular complexity index is 983. The van der Waals surface area contributed by atoms with Gasteiger partial charge in [-0.2, -0.15) is 5.26 Å². The summed E-state index contributed by atoms with van der Waals surface area (Å²) in [5, 5.41) is 17.2. The van der Waals surface area contributed by atoms with Crippen LogP contribution in [0.3, 0.4) is 0 Å². The molecule has 2 aromatic rings. The molecule has 2 bridgehead atoms. The van der Waals surface area contributed by atoms with Crippen molar-refractivity contribution in [3.8, 4) is 6.07 Å². The number of fused-ring (bicyclic) bond motifs is 2. The maximum Gasteiger partial charge on any atom is 0.238 e. The molecule has 4 rings (SSSR count). The van der Waals surface area contributed by atoms with Crippen molar-refractivity contribution in [2.75, 3.05) is 5.01 Å². The first kappa shape index (κ1) is 20.8. The van der Waals surface area contributed by atoms with Crippen molar-refractivity contribution in [2.24, 2.45) is 17.5 Å². The zero-order chi connectivity index (χ0) is 21.8. The highest BCUT2D eigenvalue weighted by Gasteiger charge is 2.43. The van der Waals surface area contributed by atoms with Gasteiger partial charge in [-0.05, 0) is 55.0 Å². The SMILES string of the molecule is N#C[C@H](Cc1ccc(N(N)/C=C(\N)c2cccnc2)cc1)NC(=O)[C@H]1N[C@@H]2CC[C@H]1C2. The lowest BCUT2D eigenvalue weighted by molar-refractivity contribution is -0.124. The van der Waals surface area contributed by atoms with Crippen LogP contribution in [0.4, 0.5) is 5.69 Å². The van der Waals surface area contributed by atoms with Crippen molar-refractivity contribution in [2.45, 2.75) is 43.8 Å². The lowest BCUT2D eigenvalue weighted by Crippen LogP contribution is -2.50. The van der Waals surface area contributed by atoms with Gasteiger partial charge in [0.2, 0.25) is 5.91 Å². The molecule has 1 aromatic carbocycles. The zero-order valence-corrected chi connectivity index (χ0v) is 17.2. The summed E-state index contributed by atoms with van der Waals surface area (Å²) in [5.41, 5.74) is 9.06. The summed E-state index contributed by atoms with van der Waals surface area (Å²) in [6.45, 7) is 0. The number of aromatic nitrogens is 1. The highest BCUT2D eigenvalue weighted by molar-refractivity contribution is 5.83. The standard InChI is InChI=1S/C23H27N7O/c24-12-19(29-23(31)22-16-5-6-18(11-16)28-22)10-15-3-7-20(8-4-15)30(26)14-21(25)17-2-1-9-27-13-17/h1-4,7-9,13-14,16,18-19,22,28H,5-6,10-11,25-26H2,(H,29,31)/b21-14-/t16-,18+,19-,22-/m0/s1. The number of piperidine rings is 1. The Balaban J connectivity index is 1.35. The van der Waals surface area contributed by atoms with Crippen molar-refractivity contribution >= 4 is 17.3 Å². The van der Waals surface area contributed by atoms with Crippen LogP contribution < -0.4 is 27.2 Å². The van der Waals surface area contributed by atoms with Crippen molar-refractivity contribution in [1.82, 2.24) is 15.6 Å². The number of rotatable bonds is 7. The largest absolute Gasteiger partial charge is 0.397 e. The Hall–Kier alpha value is -3.41. The summed E-state index contributed by atoms with van der Waals surface area (Å²) < 4.78 is 0. The van der Waals surface area contributed by atoms with Crippen LogP contribution in [0.5, 0.6) is 0 Å². The Kier molecular flexibility index (Phi) is 6.16. The van der Waals surface area contributed by atoms with Gasteiger partial charge in [-0.3, -0.25) is 14.8 Å². The number of hydrogen-bond donors (Lipinski definition) is 4. The number of pyridine rings is 1. The van der Waals surface area contributed by atoms with Crippen LogP contribution in [0.1, 0.15) is 30.4 Å². The van der Waals surface area contributed by atoms with E-state index in [1.54, 1.807) is 18.6 Å². The minimum absolute atomic E-state index is 0.0699. The maximum absolute atomic E-state index is 12.6. The van der Waals surface area contributed by atoms with E-state index in [0.717, 1.165) is 36.1 Å². The zero-order valence-electron chi connectivity index (χ0n) is 17.2. The van der Waals surface area contributed by atoms with E-state index in [9.17, 15) is 10.1 Å². The summed E-state index contributed by atoms with van der Waals surface area (Å²) >= 11 is 0. The first-order valence-corrected chi connectivity index (χ1v) is 10.5. The average Bonchev–Trinajstić information content (AvgIpc) is 3.43. The molecule has 1 saturated heterocycles. The van der Waals surface area contributed by atoms with Gasteiger partial charge >= 0.3 is 0 Å². The molecule has 2 aliphatic rings. The molecule has 0 radical (unpaired) electrons. The number of anilines is 1. The first-order valence-electron chi connectivity index (χ1n) is 10.5. The van der Waals surface area contributed by atoms with E-state index in [-0.39, 0.29) is 11.9 Å². The molecule has 1 aromatic heterocycles. The minimum Gasteiger partial charge on any atom is -0.397 e. The number of benzene rings is 1. The maximum atomic E-state index is 12.6. The second-order valence-electron chi connectivity index (χ2n) is 8.21. The molecule has 160 valence electrons. The van der Waals surface area contributed by atoms with Gasteiger partial charge in [0.15, 0.2) is 0 Å². The van der Waals surface area contributed by atoms with Crippen LogP contribution in [-0.2, 0) is 11.2 Å². The van der Waals surface area contributed by atoms with E-state index in [2.05, 4.69) is 21.7 Å². The van der Waals surface area contributed by atoms with Crippen LogP contribution in [0.15, 0.2) is 55.0 Å². The molecule has 2 heterocycles. The van der Waals surface area contributed by atoms with Gasteiger partial charge in [0.05, 0.1) is 23.5 Å². The lowest BCUT2D eigenvalue weighted by Gasteiger charge is -2.23. The average molecular weight is 418 g/mol. The number of hydrogen-bond acceptors (Lipinski definition) is 7. The smallest absolute Gasteiger partial charge is 0.238 e. The Morgan fingerprint density at radius 3 is 2.77 bits per heavy atom. The molecule has 1 aliphatic heterocycles. The van der Waals surface area contributed by atoms with Gasteiger partial charge in [-0.1, -0.05) is 12.1 Å². The molecule has 1 aliphatic carbocycles. The molecule has 1 amide bonds. The molecule has 0 unspecified atom stereocenters. The van der Waals surface area contributed by atoms with Gasteiger partial charge in [-0.15, -0.1) is 0 Å². The Labute approximate surface area is 181 Å². The van der Waals surface area contributed by atoms with Gasteiger partial charge < -0.3 is 16.4 Å². The minimum atomic E-state index is -0.575. The molecule has 6 N–H and O–H groups in total. The summed E-state index contributed by atoms with van der Waals surface area (Å²) in [6.07, 6.45) is 8.71. The second-order valence-corrected chi connectivity index (χ2v) is 8.21. The lowest BCUT2D eigenvalue weighted by atomic mass is 9.98. The summed E-state index contributed by atoms with van der Waals surface area (Å²) in [5.74, 6) is 6.44. The molecule has 0 spiro atoms. The predicted molar refractivity (Wildman–Crippen MR) is 119 cm³/mol. The third kappa shape index (κ3) is 4.85. The molecule has 8 heteroatoms. The summed E-state index contributed by atoms with van der Waals surface area (Å²) in [7, 11) is 0. The molecule has 8 nitrogen and oxygen atoms in total. The number of nitrogens with zero attached hydrogens (tertiary/aromatic N) is 3. The molecular weight excluding hydrogens is 390 g/mol. The van der Waals surface area contributed by atoms with Crippen molar-refractivity contribution < 1.29 is 4.79 Å². The third-order valence-corrected chi connectivity index (χ3v) is 6.06. The number of carbonyl (C=O) groups is 1. The van der Waals surface area contributed by atoms with Crippen molar-refractivity contribution in [3.63, 3.8) is 0 Å². The number of nitrogens with one attached hydrogen (secondary N) is 2. The van der Waals surface area contributed by atoms with E-state index >= 15 is 0 Å². The van der Waals surface area contributed by atoms with E-state index < -0.39 is 6.04 Å². The third-order valence-electron chi connectivity index (χ3n) is 6.06. The first-order chi connectivity index (χ1) is 15.0. The Morgan fingerprint density at radius 1 is 1.35 bits per heavy atom. The van der Waals surface area contributed by atoms with E-state index in [1.807, 2.05) is 36.4 Å². The van der Waals surface area contributed by atoms with Gasteiger partial charge in [0.25, 0.3) is 0 Å². The van der Waals surface area contributed by atoms with Crippen LogP contribution in [0, 0.1) is 17.2 Å². The quantitative estimate of drug-likeness (QED) is 0.395. The van der Waals surface area contributed by atoms with Gasteiger partial charge in [0.1, 0.15) is 6.04 Å². The fraction of sp³-hybridized carbons (Fsp3) is 0.348. The summed E-state index contributed by atoms with van der Waals surface area (Å²) in [4.78, 5) is 16.6. The number of carbonyl (C=O) groups excluding carboxylic acids is 1. The van der Waals surface area contributed by atoms with E-state index in [1.165, 1.54) is 5.01 Å². The van der Waals surface area contributed by atoms with Crippen LogP contribution in [-0.4, -0.2) is 29.0 Å². The molecule has 31 heavy (non-hydrogen) atoms. The Morgan fingerprint density at radius 2 is 2.16 bits per heavy atom. The molecular formula is C23H27N7O. The normalized spacial score (nSPS) is 23.2. The monoisotopic (exact) mass is 417 g/mol.